The molecule has 0 aromatic heterocycles. The number of carbonyl (C=O) groups is 2. The summed E-state index contributed by atoms with van der Waals surface area (Å²) in [6.45, 7) is 4.47. The van der Waals surface area contributed by atoms with Gasteiger partial charge in [0, 0.05) is 12.1 Å². The maximum Gasteiger partial charge on any atom is 0.330 e. The van der Waals surface area contributed by atoms with E-state index in [1.54, 1.807) is 42.5 Å². The van der Waals surface area contributed by atoms with Crippen LogP contribution >= 0.6 is 0 Å². The Morgan fingerprint density at radius 3 is 2.32 bits per heavy atom. The minimum Gasteiger partial charge on any atom is -0.494 e. The average molecular weight is 429 g/mol. The predicted molar refractivity (Wildman–Crippen MR) is 117 cm³/mol. The minimum absolute atomic E-state index is 0.238. The summed E-state index contributed by atoms with van der Waals surface area (Å²) in [7, 11) is 2.79. The molecule has 31 heavy (non-hydrogen) atoms. The fraction of sp³-hybridized carbons (Fsp3) is 0.304. The number of amides is 1. The van der Waals surface area contributed by atoms with Gasteiger partial charge in [0.15, 0.2) is 18.1 Å². The normalized spacial score (nSPS) is 10.5. The topological polar surface area (TPSA) is 92.3 Å². The second-order valence-corrected chi connectivity index (χ2v) is 6.13. The lowest BCUT2D eigenvalue weighted by Crippen LogP contribution is -2.21. The fourth-order valence-electron chi connectivity index (χ4n) is 2.61. The van der Waals surface area contributed by atoms with Crippen molar-refractivity contribution in [1.82, 2.24) is 0 Å². The van der Waals surface area contributed by atoms with Crippen molar-refractivity contribution >= 4 is 23.6 Å². The number of nitrogens with one attached hydrogen (secondary N) is 1. The van der Waals surface area contributed by atoms with Crippen LogP contribution in [0.2, 0.25) is 0 Å². The molecule has 0 bridgehead atoms. The van der Waals surface area contributed by atoms with Gasteiger partial charge in [0.05, 0.1) is 33.1 Å². The van der Waals surface area contributed by atoms with E-state index >= 15 is 0 Å². The Bertz CT molecular complexity index is 924. The summed E-state index contributed by atoms with van der Waals surface area (Å²) < 4.78 is 26.5. The number of hydrogen-bond acceptors (Lipinski definition) is 7. The Morgan fingerprint density at radius 2 is 1.65 bits per heavy atom. The van der Waals surface area contributed by atoms with Gasteiger partial charge in [-0.25, -0.2) is 4.79 Å². The van der Waals surface area contributed by atoms with E-state index in [1.807, 2.05) is 13.8 Å². The quantitative estimate of drug-likeness (QED) is 0.430. The third kappa shape index (κ3) is 7.26. The molecule has 0 atom stereocenters. The van der Waals surface area contributed by atoms with Gasteiger partial charge >= 0.3 is 5.97 Å². The molecule has 8 heteroatoms. The van der Waals surface area contributed by atoms with E-state index in [1.165, 1.54) is 20.3 Å². The summed E-state index contributed by atoms with van der Waals surface area (Å²) >= 11 is 0. The van der Waals surface area contributed by atoms with Crippen molar-refractivity contribution in [3.8, 4) is 23.0 Å². The first kappa shape index (κ1) is 23.6. The molecule has 2 aromatic rings. The van der Waals surface area contributed by atoms with Crippen molar-refractivity contribution in [3.05, 3.63) is 48.0 Å². The number of esters is 1. The smallest absolute Gasteiger partial charge is 0.330 e. The lowest BCUT2D eigenvalue weighted by Gasteiger charge is -2.14. The molecule has 1 amide bonds. The van der Waals surface area contributed by atoms with Gasteiger partial charge in [-0.3, -0.25) is 4.79 Å². The largest absolute Gasteiger partial charge is 0.494 e. The molecule has 0 aliphatic heterocycles. The molecule has 0 saturated heterocycles. The van der Waals surface area contributed by atoms with Crippen LogP contribution in [0.1, 0.15) is 19.4 Å². The zero-order chi connectivity index (χ0) is 22.6. The van der Waals surface area contributed by atoms with Gasteiger partial charge < -0.3 is 29.0 Å². The fourth-order valence-corrected chi connectivity index (χ4v) is 2.61. The number of hydrogen-bond donors (Lipinski definition) is 1. The molecule has 0 radical (unpaired) electrons. The van der Waals surface area contributed by atoms with E-state index in [0.717, 1.165) is 0 Å². The van der Waals surface area contributed by atoms with Gasteiger partial charge in [0.25, 0.3) is 5.91 Å². The second kappa shape index (κ2) is 12.1. The molecular weight excluding hydrogens is 402 g/mol. The first-order valence-electron chi connectivity index (χ1n) is 9.77. The maximum absolute atomic E-state index is 12.5. The van der Waals surface area contributed by atoms with Crippen LogP contribution in [-0.4, -0.2) is 45.9 Å². The molecule has 1 N–H and O–H groups in total. The van der Waals surface area contributed by atoms with Crippen molar-refractivity contribution in [2.45, 2.75) is 13.8 Å². The molecule has 0 aliphatic carbocycles. The third-order valence-corrected chi connectivity index (χ3v) is 4.00. The maximum atomic E-state index is 12.5. The van der Waals surface area contributed by atoms with E-state index in [-0.39, 0.29) is 12.5 Å². The monoisotopic (exact) mass is 429 g/mol. The van der Waals surface area contributed by atoms with Gasteiger partial charge in [0.2, 0.25) is 0 Å². The highest BCUT2D eigenvalue weighted by Crippen LogP contribution is 2.30. The zero-order valence-corrected chi connectivity index (χ0v) is 18.1. The second-order valence-electron chi connectivity index (χ2n) is 6.13. The summed E-state index contributed by atoms with van der Waals surface area (Å²) in [5, 5.41) is 2.78. The first-order chi connectivity index (χ1) is 15.0. The Labute approximate surface area is 181 Å². The Hall–Kier alpha value is -3.68. The van der Waals surface area contributed by atoms with Crippen LogP contribution in [0.25, 0.3) is 6.08 Å². The Morgan fingerprint density at radius 1 is 0.903 bits per heavy atom. The lowest BCUT2D eigenvalue weighted by molar-refractivity contribution is -0.134. The number of benzene rings is 2. The number of ether oxygens (including phenoxy) is 5. The van der Waals surface area contributed by atoms with Gasteiger partial charge in [-0.05, 0) is 49.8 Å². The highest BCUT2D eigenvalue weighted by molar-refractivity contribution is 5.93. The Kier molecular flexibility index (Phi) is 9.22. The van der Waals surface area contributed by atoms with E-state index in [0.29, 0.717) is 47.5 Å². The van der Waals surface area contributed by atoms with Crippen LogP contribution in [0.4, 0.5) is 5.69 Å². The van der Waals surface area contributed by atoms with E-state index < -0.39 is 5.97 Å². The van der Waals surface area contributed by atoms with Crippen LogP contribution in [0, 0.1) is 0 Å². The number of methoxy groups -OCH3 is 2. The first-order valence-corrected chi connectivity index (χ1v) is 9.77. The third-order valence-electron chi connectivity index (χ3n) is 4.00. The van der Waals surface area contributed by atoms with Gasteiger partial charge in [-0.15, -0.1) is 0 Å². The molecule has 0 unspecified atom stereocenters. The summed E-state index contributed by atoms with van der Waals surface area (Å²) in [6, 6.07) is 10.3. The molecule has 8 nitrogen and oxygen atoms in total. The predicted octanol–water partition coefficient (Wildman–Crippen LogP) is 3.70. The minimum atomic E-state index is -0.462. The van der Waals surface area contributed by atoms with Crippen LogP contribution in [0.15, 0.2) is 42.5 Å². The van der Waals surface area contributed by atoms with E-state index in [4.69, 9.17) is 18.9 Å². The van der Waals surface area contributed by atoms with Crippen molar-refractivity contribution in [2.75, 3.05) is 39.4 Å². The Balaban J connectivity index is 2.06. The molecule has 166 valence electrons. The van der Waals surface area contributed by atoms with Crippen molar-refractivity contribution in [1.29, 1.82) is 0 Å². The van der Waals surface area contributed by atoms with Gasteiger partial charge in [-0.2, -0.15) is 0 Å². The molecule has 2 aromatic carbocycles. The molecule has 0 saturated carbocycles. The molecule has 0 fully saturated rings. The summed E-state index contributed by atoms with van der Waals surface area (Å²) in [5.41, 5.74) is 1.21. The molecule has 2 rings (SSSR count). The average Bonchev–Trinajstić information content (AvgIpc) is 2.78. The number of rotatable bonds is 11. The number of carbonyl (C=O) groups excluding carboxylic acids is 2. The number of anilines is 1. The zero-order valence-electron chi connectivity index (χ0n) is 18.1. The lowest BCUT2D eigenvalue weighted by atomic mass is 10.2. The standard InChI is InChI=1S/C23H27NO7/c1-5-29-17-9-11-19(30-6-2)18(14-17)24-22(25)15-31-20-10-7-16(13-21(20)27-3)8-12-23(26)28-4/h7-14H,5-6,15H2,1-4H3,(H,24,25)/b12-8+. The summed E-state index contributed by atoms with van der Waals surface area (Å²) in [5.74, 6) is 1.15. The van der Waals surface area contributed by atoms with Crippen molar-refractivity contribution < 1.29 is 33.3 Å². The molecule has 0 spiro atoms. The van der Waals surface area contributed by atoms with Crippen molar-refractivity contribution in [3.63, 3.8) is 0 Å². The molecule has 0 heterocycles. The molecule has 0 aliphatic rings. The van der Waals surface area contributed by atoms with Crippen LogP contribution in [0.5, 0.6) is 23.0 Å². The van der Waals surface area contributed by atoms with Gasteiger partial charge in [-0.1, -0.05) is 6.07 Å². The highest BCUT2D eigenvalue weighted by atomic mass is 16.5. The van der Waals surface area contributed by atoms with Crippen LogP contribution in [-0.2, 0) is 14.3 Å². The highest BCUT2D eigenvalue weighted by Gasteiger charge is 2.12. The van der Waals surface area contributed by atoms with E-state index in [9.17, 15) is 9.59 Å². The van der Waals surface area contributed by atoms with Crippen molar-refractivity contribution in [2.24, 2.45) is 0 Å². The molecular formula is C23H27NO7. The van der Waals surface area contributed by atoms with E-state index in [2.05, 4.69) is 10.1 Å². The van der Waals surface area contributed by atoms with Crippen LogP contribution < -0.4 is 24.3 Å². The SMILES string of the molecule is CCOc1ccc(OCC)c(NC(=O)COc2ccc(/C=C/C(=O)OC)cc2OC)c1. The summed E-state index contributed by atoms with van der Waals surface area (Å²) in [6.07, 6.45) is 2.89. The van der Waals surface area contributed by atoms with Gasteiger partial charge in [0.1, 0.15) is 11.5 Å². The van der Waals surface area contributed by atoms with Crippen LogP contribution in [0.3, 0.4) is 0 Å². The summed E-state index contributed by atoms with van der Waals surface area (Å²) in [4.78, 5) is 23.7.